The number of hydrogen-bond acceptors (Lipinski definition) is 3. The van der Waals surface area contributed by atoms with Gasteiger partial charge in [0.15, 0.2) is 5.78 Å². The van der Waals surface area contributed by atoms with Crippen LogP contribution in [0.3, 0.4) is 0 Å². The van der Waals surface area contributed by atoms with Crippen LogP contribution in [0.4, 0.5) is 0 Å². The van der Waals surface area contributed by atoms with E-state index in [0.29, 0.717) is 0 Å². The lowest BCUT2D eigenvalue weighted by atomic mass is 10.3. The molecule has 2 aromatic rings. The van der Waals surface area contributed by atoms with Crippen LogP contribution in [0.2, 0.25) is 0 Å². The van der Waals surface area contributed by atoms with Crippen LogP contribution in [0.5, 0.6) is 0 Å². The van der Waals surface area contributed by atoms with Crippen LogP contribution in [-0.4, -0.2) is 27.3 Å². The second-order valence-corrected chi connectivity index (χ2v) is 3.05. The van der Waals surface area contributed by atoms with Crippen LogP contribution >= 0.6 is 0 Å². The van der Waals surface area contributed by atoms with Gasteiger partial charge in [0.2, 0.25) is 6.29 Å². The molecule has 4 heteroatoms. The largest absolute Gasteiger partial charge is 0.362 e. The van der Waals surface area contributed by atoms with E-state index >= 15 is 0 Å². The Morgan fingerprint density at radius 3 is 2.40 bits per heavy atom. The molecule has 1 aromatic carbocycles. The van der Waals surface area contributed by atoms with E-state index in [2.05, 4.69) is 23.2 Å². The van der Waals surface area contributed by atoms with Gasteiger partial charge in [-0.05, 0) is 24.4 Å². The number of nitrogens with one attached hydrogen (secondary N) is 1. The van der Waals surface area contributed by atoms with Crippen molar-refractivity contribution in [3.8, 4) is 0 Å². The van der Waals surface area contributed by atoms with E-state index in [4.69, 9.17) is 10.2 Å². The zero-order valence-electron chi connectivity index (χ0n) is 8.34. The molecule has 0 amide bonds. The molecule has 80 valence electrons. The Morgan fingerprint density at radius 1 is 1.27 bits per heavy atom. The predicted molar refractivity (Wildman–Crippen MR) is 57.2 cm³/mol. The van der Waals surface area contributed by atoms with Gasteiger partial charge in [-0.2, -0.15) is 0 Å². The SMILES string of the molecule is CC(=O)C(O)O.c1ccc2[nH]ccc2c1. The lowest BCUT2D eigenvalue weighted by molar-refractivity contribution is -0.142. The smallest absolute Gasteiger partial charge is 0.212 e. The van der Waals surface area contributed by atoms with Crippen molar-refractivity contribution in [3.63, 3.8) is 0 Å². The maximum atomic E-state index is 9.64. The highest BCUT2D eigenvalue weighted by Gasteiger charge is 1.99. The second kappa shape index (κ2) is 5.29. The number of aromatic amines is 1. The second-order valence-electron chi connectivity index (χ2n) is 3.05. The number of rotatable bonds is 1. The summed E-state index contributed by atoms with van der Waals surface area (Å²) in [6.45, 7) is 1.10. The van der Waals surface area contributed by atoms with E-state index in [1.807, 2.05) is 18.3 Å². The van der Waals surface area contributed by atoms with Crippen LogP contribution < -0.4 is 0 Å². The Bertz CT molecular complexity index is 404. The monoisotopic (exact) mass is 207 g/mol. The number of carbonyl (C=O) groups excluding carboxylic acids is 1. The summed E-state index contributed by atoms with van der Waals surface area (Å²) in [5.74, 6) is -0.630. The molecule has 0 atom stereocenters. The van der Waals surface area contributed by atoms with E-state index < -0.39 is 12.1 Å². The van der Waals surface area contributed by atoms with Crippen LogP contribution in [0.15, 0.2) is 36.5 Å². The standard InChI is InChI=1S/C8H7N.C3H6O3/c1-2-4-8-7(3-1)5-6-9-8;1-2(4)3(5)6/h1-6,9H;3,5-6H,1H3. The van der Waals surface area contributed by atoms with Crippen molar-refractivity contribution in [2.75, 3.05) is 0 Å². The summed E-state index contributed by atoms with van der Waals surface area (Å²) in [6, 6.07) is 10.3. The number of hydrogen-bond donors (Lipinski definition) is 3. The average molecular weight is 207 g/mol. The number of fused-ring (bicyclic) bond motifs is 1. The number of Topliss-reactive ketones (excluding diaryl/α,β-unsaturated/α-hetero) is 1. The average Bonchev–Trinajstić information content (AvgIpc) is 2.66. The third kappa shape index (κ3) is 3.53. The molecule has 2 rings (SSSR count). The lowest BCUT2D eigenvalue weighted by Gasteiger charge is -1.90. The molecule has 0 aliphatic rings. The first-order valence-corrected chi connectivity index (χ1v) is 4.50. The summed E-state index contributed by atoms with van der Waals surface area (Å²) < 4.78 is 0. The zero-order chi connectivity index (χ0) is 11.3. The third-order valence-corrected chi connectivity index (χ3v) is 1.83. The Balaban J connectivity index is 0.000000167. The molecule has 0 saturated carbocycles. The minimum absolute atomic E-state index is 0.630. The maximum absolute atomic E-state index is 9.64. The van der Waals surface area contributed by atoms with Crippen molar-refractivity contribution in [1.82, 2.24) is 4.98 Å². The summed E-state index contributed by atoms with van der Waals surface area (Å²) in [4.78, 5) is 12.8. The van der Waals surface area contributed by atoms with Gasteiger partial charge in [-0.15, -0.1) is 0 Å². The van der Waals surface area contributed by atoms with Crippen molar-refractivity contribution in [3.05, 3.63) is 36.5 Å². The molecule has 4 nitrogen and oxygen atoms in total. The highest BCUT2D eigenvalue weighted by molar-refractivity contribution is 5.79. The van der Waals surface area contributed by atoms with Crippen molar-refractivity contribution >= 4 is 16.7 Å². The highest BCUT2D eigenvalue weighted by atomic mass is 16.5. The Kier molecular flexibility index (Phi) is 4.03. The Hall–Kier alpha value is -1.65. The van der Waals surface area contributed by atoms with Crippen molar-refractivity contribution in [2.24, 2.45) is 0 Å². The Labute approximate surface area is 87.2 Å². The fourth-order valence-corrected chi connectivity index (χ4v) is 0.995. The van der Waals surface area contributed by atoms with Gasteiger partial charge in [0, 0.05) is 11.7 Å². The van der Waals surface area contributed by atoms with Crippen LogP contribution in [-0.2, 0) is 4.79 Å². The molecular weight excluding hydrogens is 194 g/mol. The normalized spacial score (nSPS) is 9.87. The van der Waals surface area contributed by atoms with Gasteiger partial charge < -0.3 is 15.2 Å². The number of H-pyrrole nitrogens is 1. The molecule has 0 unspecified atom stereocenters. The fraction of sp³-hybridized carbons (Fsp3) is 0.182. The molecule has 0 bridgehead atoms. The number of aliphatic hydroxyl groups excluding tert-OH is 1. The molecular formula is C11H13NO3. The summed E-state index contributed by atoms with van der Waals surface area (Å²) in [5, 5.41) is 16.9. The molecule has 0 aliphatic heterocycles. The number of carbonyl (C=O) groups is 1. The topological polar surface area (TPSA) is 73.3 Å². The van der Waals surface area contributed by atoms with Crippen LogP contribution in [0, 0.1) is 0 Å². The summed E-state index contributed by atoms with van der Waals surface area (Å²) in [6.07, 6.45) is 0.162. The van der Waals surface area contributed by atoms with Gasteiger partial charge in [-0.1, -0.05) is 18.2 Å². The van der Waals surface area contributed by atoms with E-state index in [1.54, 1.807) is 0 Å². The van der Waals surface area contributed by atoms with Crippen molar-refractivity contribution in [1.29, 1.82) is 0 Å². The molecule has 0 radical (unpaired) electrons. The number of aliphatic hydroxyl groups is 2. The van der Waals surface area contributed by atoms with Gasteiger partial charge >= 0.3 is 0 Å². The van der Waals surface area contributed by atoms with E-state index in [-0.39, 0.29) is 0 Å². The first-order chi connectivity index (χ1) is 7.11. The quantitative estimate of drug-likeness (QED) is 0.612. The summed E-state index contributed by atoms with van der Waals surface area (Å²) in [7, 11) is 0. The van der Waals surface area contributed by atoms with Crippen molar-refractivity contribution < 1.29 is 15.0 Å². The maximum Gasteiger partial charge on any atom is 0.212 e. The van der Waals surface area contributed by atoms with Crippen LogP contribution in [0.1, 0.15) is 6.92 Å². The molecule has 0 spiro atoms. The lowest BCUT2D eigenvalue weighted by Crippen LogP contribution is -2.14. The molecule has 0 aliphatic carbocycles. The number of para-hydroxylation sites is 1. The predicted octanol–water partition coefficient (Wildman–Crippen LogP) is 1.05. The fourth-order valence-electron chi connectivity index (χ4n) is 0.995. The van der Waals surface area contributed by atoms with Crippen molar-refractivity contribution in [2.45, 2.75) is 13.2 Å². The number of aromatic nitrogens is 1. The van der Waals surface area contributed by atoms with Gasteiger partial charge in [0.05, 0.1) is 0 Å². The molecule has 15 heavy (non-hydrogen) atoms. The third-order valence-electron chi connectivity index (χ3n) is 1.83. The minimum Gasteiger partial charge on any atom is -0.362 e. The summed E-state index contributed by atoms with van der Waals surface area (Å²) in [5.41, 5.74) is 1.21. The number of benzene rings is 1. The van der Waals surface area contributed by atoms with Gasteiger partial charge in [-0.25, -0.2) is 0 Å². The van der Waals surface area contributed by atoms with Gasteiger partial charge in [-0.3, -0.25) is 4.79 Å². The molecule has 0 fully saturated rings. The first kappa shape index (κ1) is 11.4. The van der Waals surface area contributed by atoms with Gasteiger partial charge in [0.1, 0.15) is 0 Å². The molecule has 1 aromatic heterocycles. The minimum atomic E-state index is -1.79. The Morgan fingerprint density at radius 2 is 1.87 bits per heavy atom. The van der Waals surface area contributed by atoms with E-state index in [9.17, 15) is 4.79 Å². The summed E-state index contributed by atoms with van der Waals surface area (Å²) >= 11 is 0. The molecule has 1 heterocycles. The van der Waals surface area contributed by atoms with Crippen LogP contribution in [0.25, 0.3) is 10.9 Å². The van der Waals surface area contributed by atoms with Gasteiger partial charge in [0.25, 0.3) is 0 Å². The number of ketones is 1. The molecule has 3 N–H and O–H groups in total. The van der Waals surface area contributed by atoms with E-state index in [0.717, 1.165) is 6.92 Å². The first-order valence-electron chi connectivity index (χ1n) is 4.50. The van der Waals surface area contributed by atoms with E-state index in [1.165, 1.54) is 10.9 Å². The highest BCUT2D eigenvalue weighted by Crippen LogP contribution is 2.09. The zero-order valence-corrected chi connectivity index (χ0v) is 8.34. The molecule has 0 saturated heterocycles.